The van der Waals surface area contributed by atoms with Crippen LogP contribution in [0.25, 0.3) is 5.65 Å². The van der Waals surface area contributed by atoms with Crippen molar-refractivity contribution in [1.29, 1.82) is 0 Å². The third kappa shape index (κ3) is 1.91. The van der Waals surface area contributed by atoms with E-state index in [0.717, 1.165) is 17.9 Å². The monoisotopic (exact) mass is 263 g/mol. The molecule has 2 aromatic rings. The second-order valence-electron chi connectivity index (χ2n) is 5.29. The predicted octanol–water partition coefficient (Wildman–Crippen LogP) is 4.16. The summed E-state index contributed by atoms with van der Waals surface area (Å²) in [6.45, 7) is 4.30. The summed E-state index contributed by atoms with van der Waals surface area (Å²) in [6, 6.07) is 4.20. The van der Waals surface area contributed by atoms with Crippen LogP contribution in [-0.4, -0.2) is 14.6 Å². The Kier molecular flexibility index (Phi) is 3.02. The highest BCUT2D eigenvalue weighted by Gasteiger charge is 2.21. The van der Waals surface area contributed by atoms with Crippen molar-refractivity contribution in [2.24, 2.45) is 0 Å². The number of hydrogen-bond donors (Lipinski definition) is 0. The highest BCUT2D eigenvalue weighted by molar-refractivity contribution is 6.29. The summed E-state index contributed by atoms with van der Waals surface area (Å²) in [5.74, 6) is 1.95. The lowest BCUT2D eigenvalue weighted by Crippen LogP contribution is -2.09. The molecule has 1 unspecified atom stereocenters. The molecule has 0 aliphatic heterocycles. The molecular weight excluding hydrogens is 246 g/mol. The van der Waals surface area contributed by atoms with Gasteiger partial charge in [0, 0.05) is 5.92 Å². The lowest BCUT2D eigenvalue weighted by Gasteiger charge is -2.25. The molecule has 18 heavy (non-hydrogen) atoms. The van der Waals surface area contributed by atoms with E-state index in [1.807, 2.05) is 6.07 Å². The van der Waals surface area contributed by atoms with Crippen LogP contribution in [0.2, 0.25) is 5.15 Å². The van der Waals surface area contributed by atoms with Gasteiger partial charge in [-0.05, 0) is 42.9 Å². The fourth-order valence-electron chi connectivity index (χ4n) is 2.35. The van der Waals surface area contributed by atoms with Crippen LogP contribution in [0.15, 0.2) is 12.1 Å². The van der Waals surface area contributed by atoms with Crippen molar-refractivity contribution < 1.29 is 0 Å². The molecule has 1 fully saturated rings. The Hall–Kier alpha value is -1.09. The summed E-state index contributed by atoms with van der Waals surface area (Å²) in [7, 11) is 0. The molecule has 3 rings (SSSR count). The smallest absolute Gasteiger partial charge is 0.157 e. The first-order valence-corrected chi connectivity index (χ1v) is 7.13. The normalized spacial score (nSPS) is 17.9. The van der Waals surface area contributed by atoms with Crippen LogP contribution in [0.3, 0.4) is 0 Å². The molecule has 2 heterocycles. The van der Waals surface area contributed by atoms with Crippen molar-refractivity contribution in [3.63, 3.8) is 0 Å². The van der Waals surface area contributed by atoms with E-state index in [-0.39, 0.29) is 0 Å². The van der Waals surface area contributed by atoms with Crippen LogP contribution in [0.5, 0.6) is 0 Å². The van der Waals surface area contributed by atoms with Crippen LogP contribution in [0.1, 0.15) is 62.8 Å². The summed E-state index contributed by atoms with van der Waals surface area (Å²) >= 11 is 6.31. The molecule has 4 heteroatoms. The van der Waals surface area contributed by atoms with E-state index in [1.165, 1.54) is 24.8 Å². The van der Waals surface area contributed by atoms with E-state index in [4.69, 9.17) is 11.6 Å². The zero-order valence-corrected chi connectivity index (χ0v) is 11.6. The minimum Gasteiger partial charge on any atom is -0.212 e. The Morgan fingerprint density at radius 1 is 1.44 bits per heavy atom. The van der Waals surface area contributed by atoms with E-state index in [9.17, 15) is 0 Å². The minimum absolute atomic E-state index is 0.383. The molecule has 0 bridgehead atoms. The third-order valence-electron chi connectivity index (χ3n) is 4.06. The van der Waals surface area contributed by atoms with Gasteiger partial charge in [0.2, 0.25) is 0 Å². The van der Waals surface area contributed by atoms with Crippen molar-refractivity contribution in [1.82, 2.24) is 14.6 Å². The van der Waals surface area contributed by atoms with E-state index in [1.54, 1.807) is 4.52 Å². The maximum atomic E-state index is 6.31. The molecule has 0 radical (unpaired) electrons. The summed E-state index contributed by atoms with van der Waals surface area (Å²) in [6.07, 6.45) is 4.93. The number of pyridine rings is 1. The number of hydrogen-bond acceptors (Lipinski definition) is 2. The van der Waals surface area contributed by atoms with Crippen LogP contribution in [-0.2, 0) is 0 Å². The van der Waals surface area contributed by atoms with Crippen LogP contribution < -0.4 is 0 Å². The number of rotatable bonds is 3. The van der Waals surface area contributed by atoms with Crippen molar-refractivity contribution >= 4 is 17.2 Å². The Labute approximate surface area is 112 Å². The quantitative estimate of drug-likeness (QED) is 0.778. The van der Waals surface area contributed by atoms with Gasteiger partial charge in [-0.25, -0.2) is 9.50 Å². The first-order chi connectivity index (χ1) is 8.69. The zero-order valence-electron chi connectivity index (χ0n) is 10.9. The van der Waals surface area contributed by atoms with Crippen LogP contribution >= 0.6 is 11.6 Å². The number of aromatic nitrogens is 3. The molecule has 2 aromatic heterocycles. The number of halogens is 1. The van der Waals surface area contributed by atoms with Crippen LogP contribution in [0.4, 0.5) is 0 Å². The first kappa shape index (κ1) is 12.0. The van der Waals surface area contributed by atoms with Crippen molar-refractivity contribution in [3.8, 4) is 0 Å². The molecular formula is C14H18ClN3. The van der Waals surface area contributed by atoms with E-state index < -0.39 is 0 Å². The summed E-state index contributed by atoms with van der Waals surface area (Å²) in [5, 5.41) is 5.18. The fraction of sp³-hybridized carbons (Fsp3) is 0.571. The second-order valence-corrected chi connectivity index (χ2v) is 5.68. The van der Waals surface area contributed by atoms with Crippen molar-refractivity contribution in [3.05, 3.63) is 28.7 Å². The van der Waals surface area contributed by atoms with E-state index in [2.05, 4.69) is 30.0 Å². The highest BCUT2D eigenvalue weighted by atomic mass is 35.5. The van der Waals surface area contributed by atoms with Gasteiger partial charge in [0.25, 0.3) is 0 Å². The van der Waals surface area contributed by atoms with Gasteiger partial charge in [0.05, 0.1) is 0 Å². The Morgan fingerprint density at radius 3 is 2.83 bits per heavy atom. The highest BCUT2D eigenvalue weighted by Crippen LogP contribution is 2.37. The number of fused-ring (bicyclic) bond motifs is 1. The van der Waals surface area contributed by atoms with Crippen molar-refractivity contribution in [2.45, 2.75) is 51.4 Å². The molecule has 1 aliphatic rings. The molecule has 1 aliphatic carbocycles. The largest absolute Gasteiger partial charge is 0.212 e. The standard InChI is InChI=1S/C14H18ClN3/c1-3-9(2)14-16-13-8-11(10-5-4-6-10)7-12(15)18(13)17-14/h7-10H,3-6H2,1-2H3. The van der Waals surface area contributed by atoms with Gasteiger partial charge in [-0.3, -0.25) is 0 Å². The van der Waals surface area contributed by atoms with E-state index in [0.29, 0.717) is 17.0 Å². The molecule has 0 aromatic carbocycles. The van der Waals surface area contributed by atoms with Gasteiger partial charge in [0.15, 0.2) is 11.5 Å². The maximum absolute atomic E-state index is 6.31. The number of nitrogens with zero attached hydrogens (tertiary/aromatic N) is 3. The molecule has 96 valence electrons. The molecule has 1 atom stereocenters. The predicted molar refractivity (Wildman–Crippen MR) is 73.3 cm³/mol. The lowest BCUT2D eigenvalue weighted by molar-refractivity contribution is 0.419. The third-order valence-corrected chi connectivity index (χ3v) is 4.33. The fourth-order valence-corrected chi connectivity index (χ4v) is 2.60. The summed E-state index contributed by atoms with van der Waals surface area (Å²) in [5.41, 5.74) is 2.21. The Morgan fingerprint density at radius 2 is 2.22 bits per heavy atom. The van der Waals surface area contributed by atoms with Gasteiger partial charge in [-0.1, -0.05) is 31.9 Å². The second kappa shape index (κ2) is 4.54. The Balaban J connectivity index is 2.06. The zero-order chi connectivity index (χ0) is 12.7. The van der Waals surface area contributed by atoms with Gasteiger partial charge < -0.3 is 0 Å². The molecule has 1 saturated carbocycles. The first-order valence-electron chi connectivity index (χ1n) is 6.75. The minimum atomic E-state index is 0.383. The SMILES string of the molecule is CCC(C)c1nc2cc(C3CCC3)cc(Cl)n2n1. The molecule has 0 N–H and O–H groups in total. The molecule has 0 amide bonds. The topological polar surface area (TPSA) is 30.2 Å². The van der Waals surface area contributed by atoms with E-state index >= 15 is 0 Å². The average molecular weight is 264 g/mol. The maximum Gasteiger partial charge on any atom is 0.157 e. The van der Waals surface area contributed by atoms with Crippen molar-refractivity contribution in [2.75, 3.05) is 0 Å². The summed E-state index contributed by atoms with van der Waals surface area (Å²) in [4.78, 5) is 4.61. The molecule has 0 spiro atoms. The molecule has 0 saturated heterocycles. The molecule has 3 nitrogen and oxygen atoms in total. The van der Waals surface area contributed by atoms with Gasteiger partial charge in [0.1, 0.15) is 5.15 Å². The summed E-state index contributed by atoms with van der Waals surface area (Å²) < 4.78 is 1.76. The van der Waals surface area contributed by atoms with Gasteiger partial charge in [-0.2, -0.15) is 0 Å². The Bertz CT molecular complexity index is 572. The average Bonchev–Trinajstić information content (AvgIpc) is 2.70. The van der Waals surface area contributed by atoms with Gasteiger partial charge >= 0.3 is 0 Å². The van der Waals surface area contributed by atoms with Gasteiger partial charge in [-0.15, -0.1) is 5.10 Å². The lowest BCUT2D eigenvalue weighted by atomic mass is 9.80. The van der Waals surface area contributed by atoms with Crippen LogP contribution in [0, 0.1) is 0 Å².